The number of fused-ring (bicyclic) bond motifs is 3. The second kappa shape index (κ2) is 8.63. The summed E-state index contributed by atoms with van der Waals surface area (Å²) in [7, 11) is 0. The molecule has 1 amide bonds. The molecule has 1 aliphatic rings. The topological polar surface area (TPSA) is 90.3 Å². The molecule has 2 heterocycles. The summed E-state index contributed by atoms with van der Waals surface area (Å²) in [6.45, 7) is 5.67. The van der Waals surface area contributed by atoms with Gasteiger partial charge in [0.2, 0.25) is 5.91 Å². The van der Waals surface area contributed by atoms with Crippen LogP contribution in [-0.2, 0) is 28.9 Å². The SMILES string of the molecule is CC(C)OC(=O)c1ccc(NC(=O)Cn2cnc3sc4c(c3c2=O)CC[C@@H](C)C4)cc1. The van der Waals surface area contributed by atoms with E-state index in [1.54, 1.807) is 49.4 Å². The van der Waals surface area contributed by atoms with Gasteiger partial charge >= 0.3 is 5.97 Å². The van der Waals surface area contributed by atoms with E-state index in [1.165, 1.54) is 15.8 Å². The van der Waals surface area contributed by atoms with Gasteiger partial charge in [0.15, 0.2) is 0 Å². The number of aromatic nitrogens is 2. The van der Waals surface area contributed by atoms with Crippen LogP contribution in [0.3, 0.4) is 0 Å². The molecule has 1 N–H and O–H groups in total. The molecule has 0 aliphatic heterocycles. The van der Waals surface area contributed by atoms with Gasteiger partial charge in [-0.15, -0.1) is 11.3 Å². The smallest absolute Gasteiger partial charge is 0.338 e. The first-order valence-electron chi connectivity index (χ1n) is 10.4. The average molecular weight is 440 g/mol. The van der Waals surface area contributed by atoms with Crippen molar-refractivity contribution in [2.45, 2.75) is 52.7 Å². The minimum Gasteiger partial charge on any atom is -0.459 e. The number of ether oxygens (including phenoxy) is 1. The van der Waals surface area contributed by atoms with Gasteiger partial charge in [-0.25, -0.2) is 9.78 Å². The number of aryl methyl sites for hydroxylation is 1. The van der Waals surface area contributed by atoms with Gasteiger partial charge in [-0.3, -0.25) is 14.2 Å². The molecule has 0 radical (unpaired) electrons. The molecule has 0 fully saturated rings. The minimum atomic E-state index is -0.410. The second-order valence-corrected chi connectivity index (χ2v) is 9.37. The lowest BCUT2D eigenvalue weighted by molar-refractivity contribution is -0.116. The fourth-order valence-electron chi connectivity index (χ4n) is 3.81. The van der Waals surface area contributed by atoms with Gasteiger partial charge in [0.1, 0.15) is 11.4 Å². The number of carbonyl (C=O) groups excluding carboxylic acids is 2. The third kappa shape index (κ3) is 4.54. The van der Waals surface area contributed by atoms with Crippen LogP contribution in [0.1, 0.15) is 48.0 Å². The van der Waals surface area contributed by atoms with Crippen LogP contribution in [0.2, 0.25) is 0 Å². The van der Waals surface area contributed by atoms with Crippen molar-refractivity contribution in [2.75, 3.05) is 5.32 Å². The molecule has 0 saturated carbocycles. The van der Waals surface area contributed by atoms with E-state index >= 15 is 0 Å². The molecule has 4 rings (SSSR count). The summed E-state index contributed by atoms with van der Waals surface area (Å²) in [6, 6.07) is 6.46. The van der Waals surface area contributed by atoms with Crippen molar-refractivity contribution in [1.82, 2.24) is 9.55 Å². The molecule has 7 nitrogen and oxygen atoms in total. The Kier molecular flexibility index (Phi) is 5.91. The average Bonchev–Trinajstić information content (AvgIpc) is 3.08. The molecule has 0 saturated heterocycles. The lowest BCUT2D eigenvalue weighted by Gasteiger charge is -2.17. The predicted molar refractivity (Wildman–Crippen MR) is 121 cm³/mol. The zero-order chi connectivity index (χ0) is 22.1. The maximum absolute atomic E-state index is 13.0. The second-order valence-electron chi connectivity index (χ2n) is 8.29. The fourth-order valence-corrected chi connectivity index (χ4v) is 5.15. The number of esters is 1. The van der Waals surface area contributed by atoms with Gasteiger partial charge < -0.3 is 10.1 Å². The molecule has 2 aromatic heterocycles. The molecule has 0 spiro atoms. The Balaban J connectivity index is 1.48. The highest BCUT2D eigenvalue weighted by Gasteiger charge is 2.23. The molecule has 0 bridgehead atoms. The van der Waals surface area contributed by atoms with Crippen LogP contribution in [0, 0.1) is 5.92 Å². The zero-order valence-electron chi connectivity index (χ0n) is 17.8. The van der Waals surface area contributed by atoms with E-state index in [1.807, 2.05) is 0 Å². The van der Waals surface area contributed by atoms with Crippen LogP contribution in [0.15, 0.2) is 35.4 Å². The predicted octanol–water partition coefficient (Wildman–Crippen LogP) is 3.79. The van der Waals surface area contributed by atoms with Gasteiger partial charge in [-0.1, -0.05) is 6.92 Å². The number of benzene rings is 1. The summed E-state index contributed by atoms with van der Waals surface area (Å²) in [5.41, 5.74) is 1.89. The largest absolute Gasteiger partial charge is 0.459 e. The molecular weight excluding hydrogens is 414 g/mol. The van der Waals surface area contributed by atoms with E-state index in [0.29, 0.717) is 22.6 Å². The van der Waals surface area contributed by atoms with Gasteiger partial charge in [0, 0.05) is 10.6 Å². The number of rotatable bonds is 5. The number of amides is 1. The van der Waals surface area contributed by atoms with Gasteiger partial charge in [-0.05, 0) is 68.9 Å². The first-order chi connectivity index (χ1) is 14.8. The van der Waals surface area contributed by atoms with E-state index in [9.17, 15) is 14.4 Å². The quantitative estimate of drug-likeness (QED) is 0.611. The Morgan fingerprint density at radius 2 is 2.03 bits per heavy atom. The summed E-state index contributed by atoms with van der Waals surface area (Å²) < 4.78 is 6.51. The number of hydrogen-bond acceptors (Lipinski definition) is 6. The molecule has 1 aliphatic carbocycles. The van der Waals surface area contributed by atoms with Gasteiger partial charge in [-0.2, -0.15) is 0 Å². The molecule has 1 aromatic carbocycles. The number of anilines is 1. The van der Waals surface area contributed by atoms with Crippen LogP contribution in [0.5, 0.6) is 0 Å². The molecular formula is C23H25N3O4S. The van der Waals surface area contributed by atoms with Crippen molar-refractivity contribution in [2.24, 2.45) is 5.92 Å². The Hall–Kier alpha value is -3.00. The van der Waals surface area contributed by atoms with Crippen molar-refractivity contribution in [3.63, 3.8) is 0 Å². The highest BCUT2D eigenvalue weighted by molar-refractivity contribution is 7.18. The van der Waals surface area contributed by atoms with E-state index < -0.39 is 5.97 Å². The molecule has 0 unspecified atom stereocenters. The standard InChI is InChI=1S/C23H25N3O4S/c1-13(2)30-23(29)15-5-7-16(8-6-15)25-19(27)11-26-12-24-21-20(22(26)28)17-9-4-14(3)10-18(17)31-21/h5-8,12-14H,4,9-11H2,1-3H3,(H,25,27)/t14-/m1/s1. The van der Waals surface area contributed by atoms with Crippen LogP contribution >= 0.6 is 11.3 Å². The fraction of sp³-hybridized carbons (Fsp3) is 0.391. The monoisotopic (exact) mass is 439 g/mol. The summed E-state index contributed by atoms with van der Waals surface area (Å²) in [5.74, 6) is -0.127. The van der Waals surface area contributed by atoms with Crippen molar-refractivity contribution < 1.29 is 14.3 Å². The summed E-state index contributed by atoms with van der Waals surface area (Å²) in [5, 5.41) is 3.42. The number of hydrogen-bond donors (Lipinski definition) is 1. The maximum Gasteiger partial charge on any atom is 0.338 e. The van der Waals surface area contributed by atoms with Crippen molar-refractivity contribution in [1.29, 1.82) is 0 Å². The summed E-state index contributed by atoms with van der Waals surface area (Å²) in [4.78, 5) is 43.9. The molecule has 3 aromatic rings. The van der Waals surface area contributed by atoms with Crippen molar-refractivity contribution in [3.8, 4) is 0 Å². The first kappa shape index (κ1) is 21.2. The number of thiophene rings is 1. The van der Waals surface area contributed by atoms with Gasteiger partial charge in [0.05, 0.1) is 23.4 Å². The van der Waals surface area contributed by atoms with E-state index in [0.717, 1.165) is 29.7 Å². The van der Waals surface area contributed by atoms with E-state index in [-0.39, 0.29) is 24.1 Å². The van der Waals surface area contributed by atoms with Crippen molar-refractivity contribution in [3.05, 3.63) is 57.0 Å². The van der Waals surface area contributed by atoms with E-state index in [2.05, 4.69) is 17.2 Å². The molecule has 162 valence electrons. The lowest BCUT2D eigenvalue weighted by atomic mass is 9.89. The summed E-state index contributed by atoms with van der Waals surface area (Å²) in [6.07, 6.45) is 4.18. The first-order valence-corrected chi connectivity index (χ1v) is 11.2. The maximum atomic E-state index is 13.0. The molecule has 1 atom stereocenters. The number of nitrogens with one attached hydrogen (secondary N) is 1. The highest BCUT2D eigenvalue weighted by atomic mass is 32.1. The highest BCUT2D eigenvalue weighted by Crippen LogP contribution is 2.35. The van der Waals surface area contributed by atoms with Gasteiger partial charge in [0.25, 0.3) is 5.56 Å². The van der Waals surface area contributed by atoms with Crippen LogP contribution in [0.25, 0.3) is 10.2 Å². The van der Waals surface area contributed by atoms with Crippen LogP contribution in [0.4, 0.5) is 5.69 Å². The lowest BCUT2D eigenvalue weighted by Crippen LogP contribution is -2.28. The Bertz CT molecular complexity index is 1190. The number of carbonyl (C=O) groups is 2. The van der Waals surface area contributed by atoms with Crippen LogP contribution < -0.4 is 10.9 Å². The summed E-state index contributed by atoms with van der Waals surface area (Å²) >= 11 is 1.59. The van der Waals surface area contributed by atoms with Crippen LogP contribution in [-0.4, -0.2) is 27.5 Å². The molecule has 31 heavy (non-hydrogen) atoms. The Labute approximate surface area is 184 Å². The molecule has 8 heteroatoms. The van der Waals surface area contributed by atoms with Crippen molar-refractivity contribution >= 4 is 39.1 Å². The third-order valence-corrected chi connectivity index (χ3v) is 6.51. The normalized spacial score (nSPS) is 15.7. The Morgan fingerprint density at radius 3 is 2.74 bits per heavy atom. The third-order valence-electron chi connectivity index (χ3n) is 5.34. The zero-order valence-corrected chi connectivity index (χ0v) is 18.6. The minimum absolute atomic E-state index is 0.125. The Morgan fingerprint density at radius 1 is 1.29 bits per heavy atom. The van der Waals surface area contributed by atoms with E-state index in [4.69, 9.17) is 4.74 Å². The number of nitrogens with zero attached hydrogens (tertiary/aromatic N) is 2.